The van der Waals surface area contributed by atoms with E-state index in [0.717, 1.165) is 11.1 Å². The molecule has 0 bridgehead atoms. The number of hydrogen-bond acceptors (Lipinski definition) is 2. The number of amides is 1. The fourth-order valence-electron chi connectivity index (χ4n) is 1.62. The van der Waals surface area contributed by atoms with Crippen molar-refractivity contribution in [3.8, 4) is 5.75 Å². The van der Waals surface area contributed by atoms with Crippen molar-refractivity contribution in [1.82, 2.24) is 5.32 Å². The van der Waals surface area contributed by atoms with Gasteiger partial charge in [-0.2, -0.15) is 0 Å². The predicted molar refractivity (Wildman–Crippen MR) is 82.1 cm³/mol. The van der Waals surface area contributed by atoms with Gasteiger partial charge in [0.1, 0.15) is 5.75 Å². The highest BCUT2D eigenvalue weighted by molar-refractivity contribution is 9.09. The minimum atomic E-state index is -0.0626. The SMILES string of the molecule is CC(C)Oc1cccc(C(=O)NC(CBr)C(C)C)c1. The highest BCUT2D eigenvalue weighted by Crippen LogP contribution is 2.15. The van der Waals surface area contributed by atoms with E-state index in [2.05, 4.69) is 35.1 Å². The van der Waals surface area contributed by atoms with Crippen LogP contribution in [0.2, 0.25) is 0 Å². The van der Waals surface area contributed by atoms with Gasteiger partial charge in [0.15, 0.2) is 0 Å². The van der Waals surface area contributed by atoms with Crippen LogP contribution in [0.5, 0.6) is 5.75 Å². The average Bonchev–Trinajstić information content (AvgIpc) is 2.34. The summed E-state index contributed by atoms with van der Waals surface area (Å²) in [5.41, 5.74) is 0.629. The number of benzene rings is 1. The van der Waals surface area contributed by atoms with E-state index < -0.39 is 0 Å². The summed E-state index contributed by atoms with van der Waals surface area (Å²) in [4.78, 5) is 12.2. The first-order chi connectivity index (χ1) is 8.93. The number of alkyl halides is 1. The molecular weight excluding hydrogens is 306 g/mol. The third kappa shape index (κ3) is 5.23. The Bertz CT molecular complexity index is 418. The summed E-state index contributed by atoms with van der Waals surface area (Å²) in [7, 11) is 0. The van der Waals surface area contributed by atoms with Gasteiger partial charge in [-0.25, -0.2) is 0 Å². The molecule has 0 saturated carbocycles. The molecule has 0 aromatic heterocycles. The predicted octanol–water partition coefficient (Wildman–Crippen LogP) is 3.62. The maximum absolute atomic E-state index is 12.2. The molecule has 19 heavy (non-hydrogen) atoms. The Balaban J connectivity index is 2.76. The molecule has 4 heteroatoms. The standard InChI is InChI=1S/C15H22BrNO2/c1-10(2)14(9-16)17-15(18)12-6-5-7-13(8-12)19-11(3)4/h5-8,10-11,14H,9H2,1-4H3,(H,17,18). The normalized spacial score (nSPS) is 12.6. The van der Waals surface area contributed by atoms with Gasteiger partial charge in [-0.15, -0.1) is 0 Å². The van der Waals surface area contributed by atoms with Crippen LogP contribution in [-0.2, 0) is 0 Å². The lowest BCUT2D eigenvalue weighted by molar-refractivity contribution is 0.0931. The van der Waals surface area contributed by atoms with E-state index in [4.69, 9.17) is 4.74 Å². The molecule has 0 saturated heterocycles. The molecule has 1 N–H and O–H groups in total. The Kier molecular flexibility index (Phi) is 6.35. The van der Waals surface area contributed by atoms with Crippen molar-refractivity contribution in [2.24, 2.45) is 5.92 Å². The van der Waals surface area contributed by atoms with Crippen LogP contribution in [-0.4, -0.2) is 23.4 Å². The van der Waals surface area contributed by atoms with Gasteiger partial charge in [0.2, 0.25) is 0 Å². The van der Waals surface area contributed by atoms with Crippen LogP contribution in [0.4, 0.5) is 0 Å². The van der Waals surface area contributed by atoms with Gasteiger partial charge in [0.25, 0.3) is 5.91 Å². The Morgan fingerprint density at radius 1 is 1.32 bits per heavy atom. The molecule has 0 spiro atoms. The van der Waals surface area contributed by atoms with Crippen LogP contribution in [0.15, 0.2) is 24.3 Å². The fourth-order valence-corrected chi connectivity index (χ4v) is 2.53. The van der Waals surface area contributed by atoms with E-state index in [1.165, 1.54) is 0 Å². The maximum Gasteiger partial charge on any atom is 0.251 e. The van der Waals surface area contributed by atoms with Gasteiger partial charge in [0, 0.05) is 16.9 Å². The van der Waals surface area contributed by atoms with Gasteiger partial charge in [-0.1, -0.05) is 35.8 Å². The van der Waals surface area contributed by atoms with E-state index >= 15 is 0 Å². The maximum atomic E-state index is 12.2. The van der Waals surface area contributed by atoms with Crippen LogP contribution in [0.3, 0.4) is 0 Å². The smallest absolute Gasteiger partial charge is 0.251 e. The lowest BCUT2D eigenvalue weighted by atomic mass is 10.1. The minimum Gasteiger partial charge on any atom is -0.491 e. The Morgan fingerprint density at radius 3 is 2.53 bits per heavy atom. The molecule has 0 heterocycles. The number of ether oxygens (including phenoxy) is 1. The van der Waals surface area contributed by atoms with Crippen molar-refractivity contribution in [3.05, 3.63) is 29.8 Å². The summed E-state index contributed by atoms with van der Waals surface area (Å²) in [6.45, 7) is 8.10. The van der Waals surface area contributed by atoms with Crippen LogP contribution < -0.4 is 10.1 Å². The molecule has 0 fully saturated rings. The minimum absolute atomic E-state index is 0.0626. The quantitative estimate of drug-likeness (QED) is 0.810. The largest absolute Gasteiger partial charge is 0.491 e. The molecule has 1 aromatic carbocycles. The summed E-state index contributed by atoms with van der Waals surface area (Å²) in [6.07, 6.45) is 0.101. The summed E-state index contributed by atoms with van der Waals surface area (Å²) in [5, 5.41) is 3.77. The number of halogens is 1. The molecule has 1 atom stereocenters. The third-order valence-electron chi connectivity index (χ3n) is 2.76. The third-order valence-corrected chi connectivity index (χ3v) is 3.45. The van der Waals surface area contributed by atoms with Gasteiger partial charge in [0.05, 0.1) is 6.10 Å². The highest BCUT2D eigenvalue weighted by Gasteiger charge is 2.16. The highest BCUT2D eigenvalue weighted by atomic mass is 79.9. The Hall–Kier alpha value is -1.03. The summed E-state index contributed by atoms with van der Waals surface area (Å²) in [5.74, 6) is 1.05. The zero-order valence-electron chi connectivity index (χ0n) is 11.9. The fraction of sp³-hybridized carbons (Fsp3) is 0.533. The first-order valence-electron chi connectivity index (χ1n) is 6.57. The van der Waals surface area contributed by atoms with Crippen LogP contribution in [0.1, 0.15) is 38.1 Å². The molecule has 0 aliphatic carbocycles. The van der Waals surface area contributed by atoms with Gasteiger partial charge >= 0.3 is 0 Å². The summed E-state index contributed by atoms with van der Waals surface area (Å²) in [6, 6.07) is 7.41. The number of carbonyl (C=O) groups excluding carboxylic acids is 1. The van der Waals surface area contributed by atoms with Crippen molar-refractivity contribution in [2.75, 3.05) is 5.33 Å². The van der Waals surface area contributed by atoms with Crippen LogP contribution >= 0.6 is 15.9 Å². The monoisotopic (exact) mass is 327 g/mol. The number of rotatable bonds is 6. The topological polar surface area (TPSA) is 38.3 Å². The van der Waals surface area contributed by atoms with Gasteiger partial charge < -0.3 is 10.1 Å². The van der Waals surface area contributed by atoms with Crippen molar-refractivity contribution < 1.29 is 9.53 Å². The number of hydrogen-bond donors (Lipinski definition) is 1. The summed E-state index contributed by atoms with van der Waals surface area (Å²) >= 11 is 3.43. The van der Waals surface area contributed by atoms with E-state index in [1.54, 1.807) is 12.1 Å². The molecule has 1 amide bonds. The molecule has 0 radical (unpaired) electrons. The first-order valence-corrected chi connectivity index (χ1v) is 7.69. The molecule has 3 nitrogen and oxygen atoms in total. The lowest BCUT2D eigenvalue weighted by Gasteiger charge is -2.20. The molecule has 106 valence electrons. The molecule has 1 aromatic rings. The van der Waals surface area contributed by atoms with Crippen molar-refractivity contribution in [3.63, 3.8) is 0 Å². The van der Waals surface area contributed by atoms with Crippen molar-refractivity contribution >= 4 is 21.8 Å². The molecule has 1 unspecified atom stereocenters. The summed E-state index contributed by atoms with van der Waals surface area (Å²) < 4.78 is 5.59. The average molecular weight is 328 g/mol. The lowest BCUT2D eigenvalue weighted by Crippen LogP contribution is -2.39. The van der Waals surface area contributed by atoms with Crippen LogP contribution in [0.25, 0.3) is 0 Å². The van der Waals surface area contributed by atoms with E-state index in [1.807, 2.05) is 26.0 Å². The van der Waals surface area contributed by atoms with E-state index in [9.17, 15) is 4.79 Å². The second-order valence-electron chi connectivity index (χ2n) is 5.17. The molecular formula is C15H22BrNO2. The zero-order valence-corrected chi connectivity index (χ0v) is 13.5. The Labute approximate surface area is 123 Å². The first kappa shape index (κ1) is 16.0. The van der Waals surface area contributed by atoms with Crippen molar-refractivity contribution in [2.45, 2.75) is 39.8 Å². The van der Waals surface area contributed by atoms with Gasteiger partial charge in [-0.05, 0) is 38.0 Å². The zero-order chi connectivity index (χ0) is 14.4. The van der Waals surface area contributed by atoms with E-state index in [0.29, 0.717) is 11.5 Å². The van der Waals surface area contributed by atoms with Gasteiger partial charge in [-0.3, -0.25) is 4.79 Å². The molecule has 0 aliphatic heterocycles. The molecule has 1 rings (SSSR count). The van der Waals surface area contributed by atoms with Crippen molar-refractivity contribution in [1.29, 1.82) is 0 Å². The van der Waals surface area contributed by atoms with E-state index in [-0.39, 0.29) is 18.1 Å². The number of carbonyl (C=O) groups is 1. The second-order valence-corrected chi connectivity index (χ2v) is 5.82. The second kappa shape index (κ2) is 7.53. The Morgan fingerprint density at radius 2 is 2.00 bits per heavy atom. The number of nitrogens with one attached hydrogen (secondary N) is 1. The molecule has 0 aliphatic rings. The van der Waals surface area contributed by atoms with Crippen LogP contribution in [0, 0.1) is 5.92 Å².